The van der Waals surface area contributed by atoms with Gasteiger partial charge in [0.2, 0.25) is 0 Å². The maximum atomic E-state index is 9.86. The minimum absolute atomic E-state index is 0.0461. The molecule has 0 atom stereocenters. The van der Waals surface area contributed by atoms with Gasteiger partial charge in [-0.05, 0) is 47.9 Å². The molecule has 2 rings (SSSR count). The fraction of sp³-hybridized carbons (Fsp3) is 0.294. The second-order valence-corrected chi connectivity index (χ2v) is 4.92. The van der Waals surface area contributed by atoms with Crippen molar-refractivity contribution in [3.05, 3.63) is 46.5 Å². The molecule has 0 aliphatic rings. The smallest absolute Gasteiger partial charge is 0.126 e. The molecule has 0 saturated heterocycles. The number of aromatic hydroxyl groups is 2. The minimum atomic E-state index is -0.351. The Hall–Kier alpha value is -2.12. The predicted octanol–water partition coefficient (Wildman–Crippen LogP) is 1.16. The Morgan fingerprint density at radius 2 is 1.00 bits per heavy atom. The zero-order valence-corrected chi connectivity index (χ0v) is 13.1. The summed E-state index contributed by atoms with van der Waals surface area (Å²) in [7, 11) is 1.00. The van der Waals surface area contributed by atoms with E-state index < -0.39 is 0 Å². The molecule has 0 aliphatic carbocycles. The molecule has 2 aromatic rings. The van der Waals surface area contributed by atoms with Gasteiger partial charge in [-0.15, -0.1) is 0 Å². The molecule has 2 aromatic carbocycles. The number of hydrogen-bond donors (Lipinski definition) is 6. The molecule has 6 N–H and O–H groups in total. The lowest BCUT2D eigenvalue weighted by Crippen LogP contribution is -1.95. The summed E-state index contributed by atoms with van der Waals surface area (Å²) in [4.78, 5) is 0. The summed E-state index contributed by atoms with van der Waals surface area (Å²) in [5.41, 5.74) is 3.04. The molecule has 126 valence electrons. The predicted molar refractivity (Wildman–Crippen MR) is 85.9 cm³/mol. The number of aliphatic hydroxyl groups is 4. The van der Waals surface area contributed by atoms with Gasteiger partial charge in [0.15, 0.2) is 0 Å². The molecule has 0 amide bonds. The van der Waals surface area contributed by atoms with Crippen molar-refractivity contribution in [1.82, 2.24) is 0 Å². The Morgan fingerprint density at radius 1 is 0.652 bits per heavy atom. The average molecular weight is 322 g/mol. The van der Waals surface area contributed by atoms with Crippen molar-refractivity contribution >= 4 is 0 Å². The van der Waals surface area contributed by atoms with E-state index in [1.165, 1.54) is 0 Å². The molecular weight excluding hydrogens is 300 g/mol. The lowest BCUT2D eigenvalue weighted by Gasteiger charge is -2.13. The van der Waals surface area contributed by atoms with Crippen molar-refractivity contribution in [2.24, 2.45) is 0 Å². The minimum Gasteiger partial charge on any atom is -0.507 e. The van der Waals surface area contributed by atoms with E-state index in [-0.39, 0.29) is 31.3 Å². The maximum absolute atomic E-state index is 9.86. The van der Waals surface area contributed by atoms with Gasteiger partial charge in [-0.2, -0.15) is 0 Å². The molecule has 0 spiro atoms. The summed E-state index contributed by atoms with van der Waals surface area (Å²) in [6.07, 6.45) is 0. The first-order valence-electron chi connectivity index (χ1n) is 6.96. The van der Waals surface area contributed by atoms with Crippen molar-refractivity contribution in [2.45, 2.75) is 26.7 Å². The first-order chi connectivity index (χ1) is 11.0. The van der Waals surface area contributed by atoms with Crippen LogP contribution in [-0.2, 0) is 19.8 Å². The van der Waals surface area contributed by atoms with E-state index >= 15 is 0 Å². The summed E-state index contributed by atoms with van der Waals surface area (Å²) in [6.45, 7) is 0.726. The van der Waals surface area contributed by atoms with Crippen molar-refractivity contribution < 1.29 is 30.6 Å². The highest BCUT2D eigenvalue weighted by atomic mass is 16.3. The Morgan fingerprint density at radius 3 is 1.39 bits per heavy atom. The lowest BCUT2D eigenvalue weighted by atomic mass is 9.95. The molecule has 23 heavy (non-hydrogen) atoms. The van der Waals surface area contributed by atoms with E-state index in [2.05, 4.69) is 0 Å². The monoisotopic (exact) mass is 322 g/mol. The summed E-state index contributed by atoms with van der Waals surface area (Å²) in [5.74, 6) is -0.0774. The van der Waals surface area contributed by atoms with Gasteiger partial charge in [0.05, 0.1) is 19.8 Å². The van der Waals surface area contributed by atoms with Crippen molar-refractivity contribution in [1.29, 1.82) is 0 Å². The molecule has 0 fully saturated rings. The fourth-order valence-corrected chi connectivity index (χ4v) is 2.31. The zero-order valence-electron chi connectivity index (χ0n) is 13.1. The largest absolute Gasteiger partial charge is 0.507 e. The Bertz CT molecular complexity index is 641. The third-order valence-corrected chi connectivity index (χ3v) is 3.49. The second-order valence-electron chi connectivity index (χ2n) is 4.92. The highest BCUT2D eigenvalue weighted by molar-refractivity contribution is 5.70. The van der Waals surface area contributed by atoms with Crippen molar-refractivity contribution in [3.63, 3.8) is 0 Å². The van der Waals surface area contributed by atoms with E-state index in [1.54, 1.807) is 31.2 Å². The lowest BCUT2D eigenvalue weighted by molar-refractivity contribution is 0.264. The molecule has 0 radical (unpaired) electrons. The highest BCUT2D eigenvalue weighted by Gasteiger charge is 2.13. The van der Waals surface area contributed by atoms with Gasteiger partial charge in [-0.3, -0.25) is 0 Å². The van der Waals surface area contributed by atoms with E-state index in [0.29, 0.717) is 27.8 Å². The van der Waals surface area contributed by atoms with Gasteiger partial charge < -0.3 is 30.6 Å². The molecule has 0 heterocycles. The van der Waals surface area contributed by atoms with Gasteiger partial charge in [0.25, 0.3) is 0 Å². The third-order valence-electron chi connectivity index (χ3n) is 3.49. The molecule has 6 heteroatoms. The normalized spacial score (nSPS) is 10.2. The van der Waals surface area contributed by atoms with Crippen LogP contribution in [0.4, 0.5) is 0 Å². The molecule has 6 nitrogen and oxygen atoms in total. The van der Waals surface area contributed by atoms with Gasteiger partial charge in [0, 0.05) is 23.8 Å². The van der Waals surface area contributed by atoms with Crippen LogP contribution in [0.2, 0.25) is 0 Å². The van der Waals surface area contributed by atoms with Crippen molar-refractivity contribution in [2.75, 3.05) is 7.11 Å². The first kappa shape index (κ1) is 18.9. The number of aryl methyl sites for hydroxylation is 1. The second kappa shape index (κ2) is 8.50. The number of hydrogen-bond acceptors (Lipinski definition) is 6. The molecule has 0 saturated carbocycles. The Labute approximate surface area is 134 Å². The standard InChI is InChI=1S/C16H18O5.CH4O/c1-9-2-10(3-12(6-17)15(9)20)11-4-13(7-18)16(21)14(5-11)8-19;1-2/h2-5,17-21H,6-8H2,1H3;2H,1H3. The maximum Gasteiger partial charge on any atom is 0.126 e. The number of rotatable bonds is 4. The summed E-state index contributed by atoms with van der Waals surface area (Å²) in [6, 6.07) is 6.60. The van der Waals surface area contributed by atoms with Crippen LogP contribution in [-0.4, -0.2) is 37.7 Å². The number of phenols is 2. The van der Waals surface area contributed by atoms with Crippen molar-refractivity contribution in [3.8, 4) is 22.6 Å². The Kier molecular flexibility index (Phi) is 6.99. The topological polar surface area (TPSA) is 121 Å². The summed E-state index contributed by atoms with van der Waals surface area (Å²) < 4.78 is 0. The fourth-order valence-electron chi connectivity index (χ4n) is 2.31. The van der Waals surface area contributed by atoms with E-state index in [4.69, 9.17) is 5.11 Å². The van der Waals surface area contributed by atoms with Crippen LogP contribution in [0.25, 0.3) is 11.1 Å². The van der Waals surface area contributed by atoms with Crippen LogP contribution < -0.4 is 0 Å². The number of aliphatic hydroxyl groups excluding tert-OH is 4. The molecule has 0 unspecified atom stereocenters. The highest BCUT2D eigenvalue weighted by Crippen LogP contribution is 2.34. The van der Waals surface area contributed by atoms with E-state index in [9.17, 15) is 25.5 Å². The van der Waals surface area contributed by atoms with Crippen LogP contribution in [0.1, 0.15) is 22.3 Å². The van der Waals surface area contributed by atoms with E-state index in [0.717, 1.165) is 12.7 Å². The van der Waals surface area contributed by atoms with Gasteiger partial charge in [-0.1, -0.05) is 0 Å². The van der Waals surface area contributed by atoms with Crippen LogP contribution in [0.3, 0.4) is 0 Å². The molecule has 0 aromatic heterocycles. The molecule has 0 aliphatic heterocycles. The number of benzene rings is 2. The van der Waals surface area contributed by atoms with Crippen LogP contribution in [0.5, 0.6) is 11.5 Å². The quantitative estimate of drug-likeness (QED) is 0.502. The summed E-state index contributed by atoms with van der Waals surface area (Å²) in [5, 5.41) is 54.5. The zero-order chi connectivity index (χ0) is 17.6. The van der Waals surface area contributed by atoms with E-state index in [1.807, 2.05) is 0 Å². The van der Waals surface area contributed by atoms with Gasteiger partial charge >= 0.3 is 0 Å². The van der Waals surface area contributed by atoms with Crippen LogP contribution >= 0.6 is 0 Å². The van der Waals surface area contributed by atoms with Crippen LogP contribution in [0.15, 0.2) is 24.3 Å². The average Bonchev–Trinajstić information content (AvgIpc) is 2.59. The molecular formula is C17H22O6. The van der Waals surface area contributed by atoms with Gasteiger partial charge in [-0.25, -0.2) is 0 Å². The molecule has 0 bridgehead atoms. The van der Waals surface area contributed by atoms with Crippen LogP contribution in [0, 0.1) is 6.92 Å². The SMILES string of the molecule is CO.Cc1cc(-c2cc(CO)c(O)c(CO)c2)cc(CO)c1O. The Balaban J connectivity index is 0.00000127. The van der Waals surface area contributed by atoms with Gasteiger partial charge in [0.1, 0.15) is 11.5 Å². The summed E-state index contributed by atoms with van der Waals surface area (Å²) >= 11 is 0. The third kappa shape index (κ3) is 4.00. The first-order valence-corrected chi connectivity index (χ1v) is 6.96.